The molecule has 0 aliphatic rings. The molecule has 0 aliphatic heterocycles. The minimum atomic E-state index is -0.137. The molecule has 4 nitrogen and oxygen atoms in total. The van der Waals surface area contributed by atoms with Crippen molar-refractivity contribution >= 4 is 6.03 Å². The molecule has 1 aromatic carbocycles. The number of hydrogen-bond donors (Lipinski definition) is 3. The van der Waals surface area contributed by atoms with Gasteiger partial charge in [-0.3, -0.25) is 0 Å². The average molecular weight is 292 g/mol. The third-order valence-electron chi connectivity index (χ3n) is 3.60. The van der Waals surface area contributed by atoms with Gasteiger partial charge in [0.15, 0.2) is 0 Å². The molecular weight excluding hydrogens is 264 g/mol. The maximum atomic E-state index is 11.8. The summed E-state index contributed by atoms with van der Waals surface area (Å²) in [5.41, 5.74) is 1.20. The monoisotopic (exact) mass is 292 g/mol. The van der Waals surface area contributed by atoms with E-state index in [2.05, 4.69) is 22.8 Å². The zero-order valence-electron chi connectivity index (χ0n) is 13.4. The summed E-state index contributed by atoms with van der Waals surface area (Å²) in [5.74, 6) is 0. The fourth-order valence-electron chi connectivity index (χ4n) is 2.09. The van der Waals surface area contributed by atoms with Gasteiger partial charge in [0.25, 0.3) is 0 Å². The summed E-state index contributed by atoms with van der Waals surface area (Å²) >= 11 is 0. The largest absolute Gasteiger partial charge is 0.396 e. The number of hydrogen-bond acceptors (Lipinski definition) is 2. The Morgan fingerprint density at radius 3 is 2.57 bits per heavy atom. The first kappa shape index (κ1) is 17.5. The van der Waals surface area contributed by atoms with E-state index in [1.54, 1.807) is 0 Å². The van der Waals surface area contributed by atoms with Gasteiger partial charge in [0, 0.05) is 19.2 Å². The van der Waals surface area contributed by atoms with E-state index in [4.69, 9.17) is 5.11 Å². The van der Waals surface area contributed by atoms with Crippen molar-refractivity contribution in [3.05, 3.63) is 35.9 Å². The Morgan fingerprint density at radius 1 is 1.29 bits per heavy atom. The summed E-state index contributed by atoms with van der Waals surface area (Å²) in [7, 11) is 0. The van der Waals surface area contributed by atoms with Crippen molar-refractivity contribution in [3.8, 4) is 0 Å². The lowest BCUT2D eigenvalue weighted by atomic mass is 9.90. The van der Waals surface area contributed by atoms with Crippen LogP contribution in [0.4, 0.5) is 4.79 Å². The summed E-state index contributed by atoms with van der Waals surface area (Å²) in [6.07, 6.45) is 2.55. The number of carbonyl (C=O) groups excluding carboxylic acids is 1. The Bertz CT molecular complexity index is 418. The number of carbonyl (C=O) groups is 1. The number of urea groups is 1. The second kappa shape index (κ2) is 8.67. The molecule has 21 heavy (non-hydrogen) atoms. The van der Waals surface area contributed by atoms with Crippen molar-refractivity contribution in [1.29, 1.82) is 0 Å². The summed E-state index contributed by atoms with van der Waals surface area (Å²) in [4.78, 5) is 11.8. The molecule has 0 saturated heterocycles. The predicted molar refractivity (Wildman–Crippen MR) is 86.2 cm³/mol. The van der Waals surface area contributed by atoms with Crippen LogP contribution in [0.25, 0.3) is 0 Å². The molecule has 118 valence electrons. The third kappa shape index (κ3) is 7.71. The fourth-order valence-corrected chi connectivity index (χ4v) is 2.09. The summed E-state index contributed by atoms with van der Waals surface area (Å²) in [6, 6.07) is 10.3. The van der Waals surface area contributed by atoms with Crippen molar-refractivity contribution < 1.29 is 9.90 Å². The van der Waals surface area contributed by atoms with Gasteiger partial charge in [-0.15, -0.1) is 0 Å². The first-order valence-corrected chi connectivity index (χ1v) is 7.62. The second-order valence-corrected chi connectivity index (χ2v) is 6.39. The van der Waals surface area contributed by atoms with Crippen LogP contribution in [-0.2, 0) is 6.42 Å². The molecule has 0 aliphatic carbocycles. The molecule has 1 rings (SSSR count). The van der Waals surface area contributed by atoms with Gasteiger partial charge in [0.1, 0.15) is 0 Å². The molecule has 4 heteroatoms. The first-order valence-electron chi connectivity index (χ1n) is 7.62. The van der Waals surface area contributed by atoms with Crippen molar-refractivity contribution in [2.45, 2.75) is 46.1 Å². The van der Waals surface area contributed by atoms with Crippen molar-refractivity contribution in [2.75, 3.05) is 13.2 Å². The van der Waals surface area contributed by atoms with Gasteiger partial charge < -0.3 is 15.7 Å². The van der Waals surface area contributed by atoms with Crippen LogP contribution in [0.15, 0.2) is 30.3 Å². The minimum absolute atomic E-state index is 0.0840. The van der Waals surface area contributed by atoms with Gasteiger partial charge in [-0.25, -0.2) is 4.79 Å². The number of rotatable bonds is 8. The van der Waals surface area contributed by atoms with Gasteiger partial charge in [-0.1, -0.05) is 44.2 Å². The quantitative estimate of drug-likeness (QED) is 0.690. The Hall–Kier alpha value is -1.55. The van der Waals surface area contributed by atoms with Crippen molar-refractivity contribution in [2.24, 2.45) is 5.41 Å². The van der Waals surface area contributed by atoms with E-state index in [1.807, 2.05) is 39.0 Å². The number of benzene rings is 1. The second-order valence-electron chi connectivity index (χ2n) is 6.39. The number of nitrogens with one attached hydrogen (secondary N) is 2. The fraction of sp³-hybridized carbons (Fsp3) is 0.588. The Balaban J connectivity index is 2.24. The maximum Gasteiger partial charge on any atom is 0.315 e. The van der Waals surface area contributed by atoms with Gasteiger partial charge in [-0.05, 0) is 37.2 Å². The highest BCUT2D eigenvalue weighted by molar-refractivity contribution is 5.74. The molecule has 2 amide bonds. The van der Waals surface area contributed by atoms with E-state index in [0.717, 1.165) is 12.8 Å². The molecule has 1 unspecified atom stereocenters. The molecule has 0 fully saturated rings. The molecule has 0 saturated carbocycles. The van der Waals surface area contributed by atoms with E-state index in [0.29, 0.717) is 13.0 Å². The zero-order chi connectivity index (χ0) is 15.7. The van der Waals surface area contributed by atoms with E-state index in [9.17, 15) is 4.79 Å². The van der Waals surface area contributed by atoms with Crippen molar-refractivity contribution in [1.82, 2.24) is 10.6 Å². The molecule has 0 radical (unpaired) electrons. The average Bonchev–Trinajstić information content (AvgIpc) is 2.44. The maximum absolute atomic E-state index is 11.8. The normalized spacial score (nSPS) is 12.8. The molecule has 0 aromatic heterocycles. The first-order chi connectivity index (χ1) is 9.93. The molecule has 0 heterocycles. The number of amides is 2. The van der Waals surface area contributed by atoms with E-state index in [-0.39, 0.29) is 24.1 Å². The van der Waals surface area contributed by atoms with E-state index in [1.165, 1.54) is 5.56 Å². The molecule has 1 atom stereocenters. The Labute approximate surface area is 128 Å². The van der Waals surface area contributed by atoms with Crippen LogP contribution in [-0.4, -0.2) is 30.3 Å². The van der Waals surface area contributed by atoms with Gasteiger partial charge in [0.05, 0.1) is 0 Å². The number of aliphatic hydroxyl groups is 1. The van der Waals surface area contributed by atoms with E-state index < -0.39 is 0 Å². The third-order valence-corrected chi connectivity index (χ3v) is 3.60. The number of aryl methyl sites for hydroxylation is 1. The molecular formula is C17H28N2O2. The lowest BCUT2D eigenvalue weighted by molar-refractivity contribution is 0.200. The van der Waals surface area contributed by atoms with Crippen molar-refractivity contribution in [3.63, 3.8) is 0 Å². The molecule has 3 N–H and O–H groups in total. The molecule has 1 aromatic rings. The van der Waals surface area contributed by atoms with Crippen LogP contribution in [0.1, 0.15) is 39.2 Å². The van der Waals surface area contributed by atoms with E-state index >= 15 is 0 Å². The van der Waals surface area contributed by atoms with Crippen LogP contribution < -0.4 is 10.6 Å². The lowest BCUT2D eigenvalue weighted by Gasteiger charge is -2.24. The smallest absolute Gasteiger partial charge is 0.315 e. The van der Waals surface area contributed by atoms with Gasteiger partial charge >= 0.3 is 6.03 Å². The highest BCUT2D eigenvalue weighted by atomic mass is 16.3. The topological polar surface area (TPSA) is 61.4 Å². The van der Waals surface area contributed by atoms with Crippen LogP contribution in [0.2, 0.25) is 0 Å². The highest BCUT2D eigenvalue weighted by Crippen LogP contribution is 2.17. The van der Waals surface area contributed by atoms with Crippen LogP contribution in [0.5, 0.6) is 0 Å². The summed E-state index contributed by atoms with van der Waals surface area (Å²) in [6.45, 7) is 6.78. The van der Waals surface area contributed by atoms with Gasteiger partial charge in [0.2, 0.25) is 0 Å². The lowest BCUT2D eigenvalue weighted by Crippen LogP contribution is -2.44. The SMILES string of the molecule is CC(CCc1ccccc1)NC(=O)NCC(C)(C)CCO. The predicted octanol–water partition coefficient (Wildman–Crippen LogP) is 2.72. The Morgan fingerprint density at radius 2 is 1.95 bits per heavy atom. The standard InChI is InChI=1S/C17H28N2O2/c1-14(9-10-15-7-5-4-6-8-15)19-16(21)18-13-17(2,3)11-12-20/h4-8,14,20H,9-13H2,1-3H3,(H2,18,19,21). The highest BCUT2D eigenvalue weighted by Gasteiger charge is 2.18. The van der Waals surface area contributed by atoms with Gasteiger partial charge in [-0.2, -0.15) is 0 Å². The van der Waals surface area contributed by atoms with Crippen LogP contribution in [0.3, 0.4) is 0 Å². The molecule has 0 spiro atoms. The zero-order valence-corrected chi connectivity index (χ0v) is 13.4. The minimum Gasteiger partial charge on any atom is -0.396 e. The molecule has 0 bridgehead atoms. The number of aliphatic hydroxyl groups excluding tert-OH is 1. The summed E-state index contributed by atoms with van der Waals surface area (Å²) < 4.78 is 0. The van der Waals surface area contributed by atoms with Crippen LogP contribution in [0, 0.1) is 5.41 Å². The van der Waals surface area contributed by atoms with Crippen LogP contribution >= 0.6 is 0 Å². The summed E-state index contributed by atoms with van der Waals surface area (Å²) in [5, 5.41) is 14.8. The Kier molecular flexibility index (Phi) is 7.23.